The Morgan fingerprint density at radius 1 is 1.38 bits per heavy atom. The molecule has 1 atom stereocenters. The predicted octanol–water partition coefficient (Wildman–Crippen LogP) is 4.16. The first-order chi connectivity index (χ1) is 7.72. The highest BCUT2D eigenvalue weighted by molar-refractivity contribution is 5.41. The lowest BCUT2D eigenvalue weighted by molar-refractivity contribution is 0.247. The Labute approximate surface area is 98.8 Å². The van der Waals surface area contributed by atoms with E-state index in [2.05, 4.69) is 39.0 Å². The van der Waals surface area contributed by atoms with Crippen LogP contribution in [0.15, 0.2) is 18.2 Å². The van der Waals surface area contributed by atoms with E-state index in [-0.39, 0.29) is 0 Å². The highest BCUT2D eigenvalue weighted by atomic mass is 16.5. The zero-order chi connectivity index (χ0) is 11.5. The van der Waals surface area contributed by atoms with Crippen LogP contribution >= 0.6 is 0 Å². The summed E-state index contributed by atoms with van der Waals surface area (Å²) in [6, 6.07) is 6.74. The Balaban J connectivity index is 2.32. The molecule has 88 valence electrons. The molecule has 0 aliphatic carbocycles. The molecule has 1 heteroatoms. The second-order valence-corrected chi connectivity index (χ2v) is 5.11. The maximum Gasteiger partial charge on any atom is 0.122 e. The van der Waals surface area contributed by atoms with Gasteiger partial charge in [0, 0.05) is 0 Å². The summed E-state index contributed by atoms with van der Waals surface area (Å²) in [6.45, 7) is 7.73. The first-order valence-electron chi connectivity index (χ1n) is 6.48. The van der Waals surface area contributed by atoms with Crippen LogP contribution in [0.25, 0.3) is 0 Å². The molecule has 0 amide bonds. The molecule has 0 N–H and O–H groups in total. The van der Waals surface area contributed by atoms with Crippen molar-refractivity contribution in [1.29, 1.82) is 0 Å². The first-order valence-corrected chi connectivity index (χ1v) is 6.48. The van der Waals surface area contributed by atoms with Crippen molar-refractivity contribution in [1.82, 2.24) is 0 Å². The molecule has 16 heavy (non-hydrogen) atoms. The Morgan fingerprint density at radius 2 is 2.19 bits per heavy atom. The van der Waals surface area contributed by atoms with Gasteiger partial charge in [0.05, 0.1) is 6.61 Å². The second-order valence-electron chi connectivity index (χ2n) is 5.11. The van der Waals surface area contributed by atoms with Crippen LogP contribution in [0.2, 0.25) is 0 Å². The SMILES string of the molecule is CCCc1ccc2c(c1)C(C(C)C)CCO2. The Morgan fingerprint density at radius 3 is 2.88 bits per heavy atom. The number of hydrogen-bond acceptors (Lipinski definition) is 1. The fourth-order valence-corrected chi connectivity index (χ4v) is 2.61. The molecule has 0 spiro atoms. The lowest BCUT2D eigenvalue weighted by atomic mass is 9.83. The third-order valence-corrected chi connectivity index (χ3v) is 3.50. The van der Waals surface area contributed by atoms with Crippen molar-refractivity contribution in [3.05, 3.63) is 29.3 Å². The van der Waals surface area contributed by atoms with Crippen LogP contribution in [0.3, 0.4) is 0 Å². The fraction of sp³-hybridized carbons (Fsp3) is 0.600. The zero-order valence-electron chi connectivity index (χ0n) is 10.6. The minimum Gasteiger partial charge on any atom is -0.493 e. The van der Waals surface area contributed by atoms with Gasteiger partial charge in [0.1, 0.15) is 5.75 Å². The highest BCUT2D eigenvalue weighted by Crippen LogP contribution is 2.38. The summed E-state index contributed by atoms with van der Waals surface area (Å²) in [5.74, 6) is 2.50. The molecule has 0 aromatic heterocycles. The molecule has 1 aliphatic rings. The number of benzene rings is 1. The molecular weight excluding hydrogens is 196 g/mol. The summed E-state index contributed by atoms with van der Waals surface area (Å²) in [7, 11) is 0. The lowest BCUT2D eigenvalue weighted by Gasteiger charge is -2.29. The van der Waals surface area contributed by atoms with Gasteiger partial charge in [-0.1, -0.05) is 39.3 Å². The van der Waals surface area contributed by atoms with Crippen molar-refractivity contribution >= 4 is 0 Å². The summed E-state index contributed by atoms with van der Waals surface area (Å²) in [5.41, 5.74) is 2.89. The van der Waals surface area contributed by atoms with E-state index in [1.54, 1.807) is 0 Å². The van der Waals surface area contributed by atoms with Gasteiger partial charge in [0.2, 0.25) is 0 Å². The molecule has 1 aromatic rings. The zero-order valence-corrected chi connectivity index (χ0v) is 10.6. The second kappa shape index (κ2) is 4.90. The molecule has 1 heterocycles. The predicted molar refractivity (Wildman–Crippen MR) is 68.1 cm³/mol. The minimum atomic E-state index is 0.681. The molecule has 0 fully saturated rings. The Hall–Kier alpha value is -0.980. The van der Waals surface area contributed by atoms with E-state index in [0.29, 0.717) is 11.8 Å². The number of aryl methyl sites for hydroxylation is 1. The maximum absolute atomic E-state index is 5.74. The average molecular weight is 218 g/mol. The van der Waals surface area contributed by atoms with Gasteiger partial charge in [-0.3, -0.25) is 0 Å². The number of rotatable bonds is 3. The van der Waals surface area contributed by atoms with Gasteiger partial charge in [0.15, 0.2) is 0 Å². The van der Waals surface area contributed by atoms with E-state index in [1.807, 2.05) is 0 Å². The van der Waals surface area contributed by atoms with Crippen molar-refractivity contribution < 1.29 is 4.74 Å². The topological polar surface area (TPSA) is 9.23 Å². The van der Waals surface area contributed by atoms with Crippen LogP contribution in [0.1, 0.15) is 50.7 Å². The van der Waals surface area contributed by atoms with E-state index in [9.17, 15) is 0 Å². The Bertz CT molecular complexity index is 354. The molecule has 1 aliphatic heterocycles. The van der Waals surface area contributed by atoms with E-state index in [4.69, 9.17) is 4.74 Å². The maximum atomic E-state index is 5.74. The van der Waals surface area contributed by atoms with E-state index >= 15 is 0 Å². The smallest absolute Gasteiger partial charge is 0.122 e. The minimum absolute atomic E-state index is 0.681. The van der Waals surface area contributed by atoms with Gasteiger partial charge in [0.25, 0.3) is 0 Å². The van der Waals surface area contributed by atoms with Gasteiger partial charge in [-0.2, -0.15) is 0 Å². The van der Waals surface area contributed by atoms with Crippen molar-refractivity contribution in [3.8, 4) is 5.75 Å². The number of ether oxygens (including phenoxy) is 1. The molecule has 0 saturated carbocycles. The largest absolute Gasteiger partial charge is 0.493 e. The van der Waals surface area contributed by atoms with Crippen LogP contribution in [0.5, 0.6) is 5.75 Å². The van der Waals surface area contributed by atoms with E-state index < -0.39 is 0 Å². The third-order valence-electron chi connectivity index (χ3n) is 3.50. The molecule has 1 aromatic carbocycles. The van der Waals surface area contributed by atoms with Crippen LogP contribution in [-0.2, 0) is 6.42 Å². The van der Waals surface area contributed by atoms with Crippen LogP contribution in [-0.4, -0.2) is 6.61 Å². The normalized spacial score (nSPS) is 19.4. The standard InChI is InChI=1S/C15H22O/c1-4-5-12-6-7-15-14(10-12)13(11(2)3)8-9-16-15/h6-7,10-11,13H,4-5,8-9H2,1-3H3. The van der Waals surface area contributed by atoms with E-state index in [1.165, 1.54) is 30.4 Å². The molecule has 0 bridgehead atoms. The quantitative estimate of drug-likeness (QED) is 0.740. The molecular formula is C15H22O. The van der Waals surface area contributed by atoms with Crippen LogP contribution < -0.4 is 4.74 Å². The highest BCUT2D eigenvalue weighted by Gasteiger charge is 2.24. The summed E-state index contributed by atoms with van der Waals surface area (Å²) in [5, 5.41) is 0. The molecule has 1 unspecified atom stereocenters. The molecule has 0 saturated heterocycles. The first kappa shape index (κ1) is 11.5. The fourth-order valence-electron chi connectivity index (χ4n) is 2.61. The van der Waals surface area contributed by atoms with Crippen molar-refractivity contribution in [2.75, 3.05) is 6.61 Å². The van der Waals surface area contributed by atoms with Crippen LogP contribution in [0.4, 0.5) is 0 Å². The Kier molecular flexibility index (Phi) is 3.52. The number of hydrogen-bond donors (Lipinski definition) is 0. The van der Waals surface area contributed by atoms with Crippen molar-refractivity contribution in [2.24, 2.45) is 5.92 Å². The number of fused-ring (bicyclic) bond motifs is 1. The molecule has 0 radical (unpaired) electrons. The summed E-state index contributed by atoms with van der Waals surface area (Å²) >= 11 is 0. The van der Waals surface area contributed by atoms with Crippen molar-refractivity contribution in [2.45, 2.75) is 46.0 Å². The average Bonchev–Trinajstić information content (AvgIpc) is 2.28. The summed E-state index contributed by atoms with van der Waals surface area (Å²) in [4.78, 5) is 0. The molecule has 1 nitrogen and oxygen atoms in total. The van der Waals surface area contributed by atoms with E-state index in [0.717, 1.165) is 12.4 Å². The summed E-state index contributed by atoms with van der Waals surface area (Å²) in [6.07, 6.45) is 3.56. The van der Waals surface area contributed by atoms with Crippen molar-refractivity contribution in [3.63, 3.8) is 0 Å². The van der Waals surface area contributed by atoms with Gasteiger partial charge in [-0.25, -0.2) is 0 Å². The van der Waals surface area contributed by atoms with Gasteiger partial charge >= 0.3 is 0 Å². The summed E-state index contributed by atoms with van der Waals surface area (Å²) < 4.78 is 5.74. The van der Waals surface area contributed by atoms with Crippen LogP contribution in [0, 0.1) is 5.92 Å². The lowest BCUT2D eigenvalue weighted by Crippen LogP contribution is -2.18. The van der Waals surface area contributed by atoms with Gasteiger partial charge < -0.3 is 4.74 Å². The molecule has 2 rings (SSSR count). The monoisotopic (exact) mass is 218 g/mol. The van der Waals surface area contributed by atoms with Gasteiger partial charge in [-0.05, 0) is 41.9 Å². The van der Waals surface area contributed by atoms with Gasteiger partial charge in [-0.15, -0.1) is 0 Å². The third kappa shape index (κ3) is 2.23.